The molecule has 1 atom stereocenters. The third-order valence-corrected chi connectivity index (χ3v) is 12.2. The fraction of sp³-hybridized carbons (Fsp3) is 0.351. The van der Waals surface area contributed by atoms with E-state index < -0.39 is 37.4 Å². The van der Waals surface area contributed by atoms with Crippen molar-refractivity contribution in [3.05, 3.63) is 108 Å². The Labute approximate surface area is 321 Å². The zero-order chi connectivity index (χ0) is 36.3. The molecule has 1 unspecified atom stereocenters. The number of benzene rings is 2. The SMILES string of the molecule is CC1(C)C(/C=C/C=C/C=C/C=C2\N(CCCS(=O)(=O)O)c3sc4ccccc4c3C2(C)CCCS(=O)(=O)O)=[N+](CCC(=O)O)c2ccccc21.[I-]. The average molecular weight is 867 g/mol. The number of anilines is 1. The van der Waals surface area contributed by atoms with E-state index in [4.69, 9.17) is 0 Å². The molecule has 3 aromatic rings. The first-order valence-corrected chi connectivity index (χ1v) is 20.4. The zero-order valence-corrected chi connectivity index (χ0v) is 33.3. The fourth-order valence-corrected chi connectivity index (χ4v) is 9.50. The van der Waals surface area contributed by atoms with Crippen molar-refractivity contribution < 1.29 is 64.4 Å². The Bertz CT molecular complexity index is 2170. The summed E-state index contributed by atoms with van der Waals surface area (Å²) in [6, 6.07) is 16.0. The molecule has 0 spiro atoms. The van der Waals surface area contributed by atoms with Crippen molar-refractivity contribution in [2.75, 3.05) is 29.5 Å². The number of carboxylic acid groups (broad SMARTS) is 1. The summed E-state index contributed by atoms with van der Waals surface area (Å²) in [7, 11) is -8.33. The molecule has 3 heterocycles. The number of fused-ring (bicyclic) bond motifs is 4. The van der Waals surface area contributed by atoms with Crippen LogP contribution in [0.3, 0.4) is 0 Å². The molecule has 3 N–H and O–H groups in total. The lowest BCUT2D eigenvalue weighted by Crippen LogP contribution is -3.00. The molecular formula is C37H43IN2O8S3. The van der Waals surface area contributed by atoms with Crippen LogP contribution in [0.15, 0.2) is 96.8 Å². The molecular weight excluding hydrogens is 824 g/mol. The molecule has 0 bridgehead atoms. The van der Waals surface area contributed by atoms with Crippen LogP contribution >= 0.6 is 11.3 Å². The van der Waals surface area contributed by atoms with Gasteiger partial charge in [0.25, 0.3) is 20.2 Å². The predicted octanol–water partition coefficient (Wildman–Crippen LogP) is 4.03. The van der Waals surface area contributed by atoms with E-state index in [2.05, 4.69) is 29.4 Å². The minimum absolute atomic E-state index is 0. The largest absolute Gasteiger partial charge is 1.00 e. The Kier molecular flexibility index (Phi) is 12.9. The van der Waals surface area contributed by atoms with Crippen LogP contribution in [0.2, 0.25) is 0 Å². The first kappa shape index (κ1) is 40.6. The molecule has 0 radical (unpaired) electrons. The highest BCUT2D eigenvalue weighted by molar-refractivity contribution is 7.86. The summed E-state index contributed by atoms with van der Waals surface area (Å²) < 4.78 is 68.5. The van der Waals surface area contributed by atoms with E-state index in [1.807, 2.05) is 91.9 Å². The lowest BCUT2D eigenvalue weighted by molar-refractivity contribution is -0.436. The van der Waals surface area contributed by atoms with Gasteiger partial charge in [-0.1, -0.05) is 66.8 Å². The quantitative estimate of drug-likeness (QED) is 0.0891. The summed E-state index contributed by atoms with van der Waals surface area (Å²) in [6.07, 6.45) is 14.2. The second kappa shape index (κ2) is 16.3. The molecule has 2 aliphatic rings. The maximum absolute atomic E-state index is 11.7. The Morgan fingerprint density at radius 2 is 1.51 bits per heavy atom. The van der Waals surface area contributed by atoms with Gasteiger partial charge in [-0.3, -0.25) is 13.9 Å². The van der Waals surface area contributed by atoms with Crippen molar-refractivity contribution in [2.45, 2.75) is 57.3 Å². The van der Waals surface area contributed by atoms with Crippen molar-refractivity contribution in [1.29, 1.82) is 0 Å². The maximum Gasteiger partial charge on any atom is 0.309 e. The minimum atomic E-state index is -4.17. The third-order valence-electron chi connectivity index (χ3n) is 9.39. The third kappa shape index (κ3) is 9.27. The molecule has 10 nitrogen and oxygen atoms in total. The summed E-state index contributed by atoms with van der Waals surface area (Å²) in [5.74, 6) is -1.63. The summed E-state index contributed by atoms with van der Waals surface area (Å²) in [5, 5.41) is 11.3. The molecule has 0 fully saturated rings. The van der Waals surface area contributed by atoms with Crippen molar-refractivity contribution >= 4 is 64.0 Å². The van der Waals surface area contributed by atoms with Gasteiger partial charge < -0.3 is 34.0 Å². The number of rotatable bonds is 15. The highest BCUT2D eigenvalue weighted by Gasteiger charge is 2.46. The van der Waals surface area contributed by atoms with Crippen molar-refractivity contribution in [1.82, 2.24) is 0 Å². The number of para-hydroxylation sites is 1. The van der Waals surface area contributed by atoms with E-state index in [9.17, 15) is 35.8 Å². The van der Waals surface area contributed by atoms with Crippen LogP contribution in [-0.4, -0.2) is 71.9 Å². The Morgan fingerprint density at radius 1 is 0.882 bits per heavy atom. The topological polar surface area (TPSA) is 152 Å². The van der Waals surface area contributed by atoms with Gasteiger partial charge in [-0.15, -0.1) is 11.3 Å². The van der Waals surface area contributed by atoms with Crippen molar-refractivity contribution in [3.63, 3.8) is 0 Å². The molecule has 274 valence electrons. The second-order valence-electron chi connectivity index (χ2n) is 13.3. The number of nitrogens with zero attached hydrogens (tertiary/aromatic N) is 2. The molecule has 2 aromatic carbocycles. The molecule has 0 amide bonds. The van der Waals surface area contributed by atoms with E-state index in [-0.39, 0.29) is 54.4 Å². The normalized spacial score (nSPS) is 19.5. The number of carbonyl (C=O) groups is 1. The summed E-state index contributed by atoms with van der Waals surface area (Å²) in [5.41, 5.74) is 4.08. The minimum Gasteiger partial charge on any atom is -1.00 e. The number of carboxylic acids is 1. The van der Waals surface area contributed by atoms with Gasteiger partial charge >= 0.3 is 5.97 Å². The van der Waals surface area contributed by atoms with E-state index in [1.165, 1.54) is 0 Å². The van der Waals surface area contributed by atoms with Crippen LogP contribution in [0.5, 0.6) is 0 Å². The van der Waals surface area contributed by atoms with Gasteiger partial charge in [0.15, 0.2) is 12.3 Å². The molecule has 1 aromatic heterocycles. The van der Waals surface area contributed by atoms with Gasteiger partial charge in [0, 0.05) is 45.6 Å². The number of allylic oxidation sites excluding steroid dienone is 8. The van der Waals surface area contributed by atoms with Crippen LogP contribution in [0, 0.1) is 0 Å². The zero-order valence-electron chi connectivity index (χ0n) is 28.7. The van der Waals surface area contributed by atoms with E-state index in [1.54, 1.807) is 11.3 Å². The number of halogens is 1. The van der Waals surface area contributed by atoms with Gasteiger partial charge in [-0.25, -0.2) is 0 Å². The Morgan fingerprint density at radius 3 is 2.22 bits per heavy atom. The van der Waals surface area contributed by atoms with Crippen LogP contribution < -0.4 is 28.9 Å². The van der Waals surface area contributed by atoms with Gasteiger partial charge in [-0.05, 0) is 57.6 Å². The van der Waals surface area contributed by atoms with Crippen LogP contribution in [0.25, 0.3) is 10.1 Å². The van der Waals surface area contributed by atoms with Gasteiger partial charge in [0.05, 0.1) is 16.9 Å². The van der Waals surface area contributed by atoms with Gasteiger partial charge in [0.2, 0.25) is 5.69 Å². The van der Waals surface area contributed by atoms with Crippen LogP contribution in [0.4, 0.5) is 10.7 Å². The monoisotopic (exact) mass is 866 g/mol. The highest BCUT2D eigenvalue weighted by Crippen LogP contribution is 2.57. The van der Waals surface area contributed by atoms with Gasteiger partial charge in [0.1, 0.15) is 11.4 Å². The van der Waals surface area contributed by atoms with E-state index in [0.717, 1.165) is 43.3 Å². The predicted molar refractivity (Wildman–Crippen MR) is 200 cm³/mol. The van der Waals surface area contributed by atoms with Crippen molar-refractivity contribution in [3.8, 4) is 0 Å². The molecule has 14 heteroatoms. The Balaban J connectivity index is 0.00000583. The first-order valence-electron chi connectivity index (χ1n) is 16.4. The summed E-state index contributed by atoms with van der Waals surface area (Å²) in [6.45, 7) is 6.98. The molecule has 0 saturated carbocycles. The number of aliphatic carboxylic acids is 1. The highest BCUT2D eigenvalue weighted by atomic mass is 127. The van der Waals surface area contributed by atoms with Gasteiger partial charge in [-0.2, -0.15) is 21.4 Å². The van der Waals surface area contributed by atoms with Crippen molar-refractivity contribution in [2.24, 2.45) is 0 Å². The number of thiophene rings is 1. The van der Waals surface area contributed by atoms with E-state index >= 15 is 0 Å². The summed E-state index contributed by atoms with van der Waals surface area (Å²) in [4.78, 5) is 13.5. The molecule has 0 aliphatic carbocycles. The fourth-order valence-electron chi connectivity index (χ4n) is 7.13. The average Bonchev–Trinajstić information content (AvgIpc) is 3.59. The molecule has 2 aliphatic heterocycles. The smallest absolute Gasteiger partial charge is 0.309 e. The van der Waals surface area contributed by atoms with Crippen LogP contribution in [0.1, 0.15) is 57.6 Å². The van der Waals surface area contributed by atoms with E-state index in [0.29, 0.717) is 19.5 Å². The molecule has 0 saturated heterocycles. The molecule has 5 rings (SSSR count). The second-order valence-corrected chi connectivity index (χ2v) is 17.5. The standard InChI is InChI=1S/C37H42N2O8S3.HI/c1-36(2)28-16-10-11-17-29(28)38(24-21-33(40)41)31(36)19-7-5-4-6-8-20-32-37(3,22-13-25-49(42,43)44)34-27-15-9-12-18-30(27)48-35(34)39(32)23-14-26-50(45,46)47;/h4-12,15-20H,13-14,21-26H2,1-3H3,(H2-,40,41,42,43,44,45,46,47);1H. The van der Waals surface area contributed by atoms with Crippen LogP contribution in [-0.2, 0) is 35.9 Å². The molecule has 51 heavy (non-hydrogen) atoms. The number of hydrogen-bond acceptors (Lipinski definition) is 7. The lowest BCUT2D eigenvalue weighted by Gasteiger charge is -2.31. The maximum atomic E-state index is 11.7. The Hall–Kier alpha value is -3.15. The lowest BCUT2D eigenvalue weighted by atomic mass is 9.77. The summed E-state index contributed by atoms with van der Waals surface area (Å²) >= 11 is 1.58. The first-order chi connectivity index (χ1) is 23.5. The number of hydrogen-bond donors (Lipinski definition) is 3.